The van der Waals surface area contributed by atoms with Crippen LogP contribution in [-0.2, 0) is 9.53 Å². The van der Waals surface area contributed by atoms with E-state index in [0.717, 1.165) is 12.8 Å². The van der Waals surface area contributed by atoms with Crippen molar-refractivity contribution in [3.63, 3.8) is 0 Å². The molecule has 0 heterocycles. The van der Waals surface area contributed by atoms with Gasteiger partial charge in [-0.15, -0.1) is 0 Å². The molecule has 1 atom stereocenters. The fraction of sp³-hybridized carbons (Fsp3) is 0.889. The van der Waals surface area contributed by atoms with Crippen molar-refractivity contribution in [3.05, 3.63) is 0 Å². The predicted octanol–water partition coefficient (Wildman–Crippen LogP) is 2.65. The molecule has 1 saturated carbocycles. The summed E-state index contributed by atoms with van der Waals surface area (Å²) in [7, 11) is 0. The molecule has 3 heteroatoms. The van der Waals surface area contributed by atoms with E-state index in [1.165, 1.54) is 19.3 Å². The molecule has 0 aliphatic heterocycles. The molecule has 0 unspecified atom stereocenters. The Morgan fingerprint density at radius 3 is 2.50 bits per heavy atom. The van der Waals surface area contributed by atoms with Crippen molar-refractivity contribution >= 4 is 21.9 Å². The van der Waals surface area contributed by atoms with Crippen LogP contribution in [0.15, 0.2) is 0 Å². The first-order valence-corrected chi connectivity index (χ1v) is 5.46. The van der Waals surface area contributed by atoms with Gasteiger partial charge in [-0.05, 0) is 32.6 Å². The number of esters is 1. The Morgan fingerprint density at radius 1 is 1.42 bits per heavy atom. The Labute approximate surface area is 81.8 Å². The third-order valence-corrected chi connectivity index (χ3v) is 2.53. The molecule has 0 aromatic heterocycles. The van der Waals surface area contributed by atoms with Gasteiger partial charge < -0.3 is 4.74 Å². The molecule has 2 nitrogen and oxygen atoms in total. The number of carbonyl (C=O) groups excluding carboxylic acids is 1. The Balaban J connectivity index is 2.24. The lowest BCUT2D eigenvalue weighted by atomic mass is 9.98. The van der Waals surface area contributed by atoms with E-state index in [1.54, 1.807) is 6.92 Å². The topological polar surface area (TPSA) is 26.3 Å². The minimum atomic E-state index is -0.167. The van der Waals surface area contributed by atoms with Crippen molar-refractivity contribution in [3.8, 4) is 0 Å². The SMILES string of the molecule is C[C@H](Br)C(=O)OC1CCCCC1. The van der Waals surface area contributed by atoms with E-state index in [2.05, 4.69) is 15.9 Å². The zero-order valence-corrected chi connectivity index (χ0v) is 8.97. The van der Waals surface area contributed by atoms with Gasteiger partial charge in [0.05, 0.1) is 0 Å². The van der Waals surface area contributed by atoms with Gasteiger partial charge in [0, 0.05) is 0 Å². The average molecular weight is 235 g/mol. The van der Waals surface area contributed by atoms with Gasteiger partial charge in [-0.25, -0.2) is 0 Å². The summed E-state index contributed by atoms with van der Waals surface area (Å²) in [6, 6.07) is 0. The van der Waals surface area contributed by atoms with Crippen molar-refractivity contribution in [2.75, 3.05) is 0 Å². The normalized spacial score (nSPS) is 21.8. The van der Waals surface area contributed by atoms with Crippen LogP contribution in [0.4, 0.5) is 0 Å². The van der Waals surface area contributed by atoms with E-state index in [0.29, 0.717) is 0 Å². The number of ether oxygens (including phenoxy) is 1. The van der Waals surface area contributed by atoms with Crippen molar-refractivity contribution in [2.45, 2.75) is 50.0 Å². The van der Waals surface area contributed by atoms with Crippen LogP contribution in [0.1, 0.15) is 39.0 Å². The van der Waals surface area contributed by atoms with Gasteiger partial charge in [0.2, 0.25) is 0 Å². The number of halogens is 1. The molecule has 1 rings (SSSR count). The molecule has 70 valence electrons. The first kappa shape index (κ1) is 10.0. The van der Waals surface area contributed by atoms with Crippen LogP contribution < -0.4 is 0 Å². The largest absolute Gasteiger partial charge is 0.462 e. The molecule has 12 heavy (non-hydrogen) atoms. The number of alkyl halides is 1. The monoisotopic (exact) mass is 234 g/mol. The Bertz CT molecular complexity index is 151. The molecule has 0 radical (unpaired) electrons. The predicted molar refractivity (Wildman–Crippen MR) is 51.4 cm³/mol. The molecule has 1 aliphatic carbocycles. The minimum Gasteiger partial charge on any atom is -0.462 e. The highest BCUT2D eigenvalue weighted by Crippen LogP contribution is 2.21. The van der Waals surface area contributed by atoms with Crippen molar-refractivity contribution in [1.82, 2.24) is 0 Å². The minimum absolute atomic E-state index is 0.123. The summed E-state index contributed by atoms with van der Waals surface area (Å²) in [6.45, 7) is 1.80. The highest BCUT2D eigenvalue weighted by molar-refractivity contribution is 9.10. The van der Waals surface area contributed by atoms with Crippen LogP contribution in [-0.4, -0.2) is 16.9 Å². The third-order valence-electron chi connectivity index (χ3n) is 2.16. The van der Waals surface area contributed by atoms with E-state index in [-0.39, 0.29) is 16.9 Å². The molecular weight excluding hydrogens is 220 g/mol. The summed E-state index contributed by atoms with van der Waals surface area (Å²) in [5.41, 5.74) is 0. The molecule has 0 bridgehead atoms. The maximum absolute atomic E-state index is 11.1. The molecule has 0 amide bonds. The molecule has 1 aliphatic rings. The molecule has 0 N–H and O–H groups in total. The number of rotatable bonds is 2. The molecule has 1 fully saturated rings. The Kier molecular flexibility index (Phi) is 4.06. The molecule has 0 saturated heterocycles. The van der Waals surface area contributed by atoms with Gasteiger partial charge in [-0.1, -0.05) is 22.4 Å². The second-order valence-electron chi connectivity index (χ2n) is 3.31. The number of carbonyl (C=O) groups is 1. The Morgan fingerprint density at radius 2 is 2.00 bits per heavy atom. The van der Waals surface area contributed by atoms with Gasteiger partial charge in [-0.2, -0.15) is 0 Å². The summed E-state index contributed by atoms with van der Waals surface area (Å²) in [6.07, 6.45) is 5.98. The van der Waals surface area contributed by atoms with Crippen LogP contribution in [0.3, 0.4) is 0 Å². The number of hydrogen-bond donors (Lipinski definition) is 0. The first-order chi connectivity index (χ1) is 5.70. The lowest BCUT2D eigenvalue weighted by molar-refractivity contribution is -0.149. The van der Waals surface area contributed by atoms with Crippen LogP contribution in [0.25, 0.3) is 0 Å². The Hall–Kier alpha value is -0.0500. The summed E-state index contributed by atoms with van der Waals surface area (Å²) < 4.78 is 5.27. The maximum Gasteiger partial charge on any atom is 0.319 e. The van der Waals surface area contributed by atoms with E-state index >= 15 is 0 Å². The standard InChI is InChI=1S/C9H15BrO2/c1-7(10)9(11)12-8-5-3-2-4-6-8/h7-8H,2-6H2,1H3/t7-/m0/s1. The van der Waals surface area contributed by atoms with Crippen molar-refractivity contribution in [1.29, 1.82) is 0 Å². The van der Waals surface area contributed by atoms with Crippen LogP contribution in [0.5, 0.6) is 0 Å². The van der Waals surface area contributed by atoms with Crippen molar-refractivity contribution in [2.24, 2.45) is 0 Å². The van der Waals surface area contributed by atoms with E-state index < -0.39 is 0 Å². The van der Waals surface area contributed by atoms with Crippen LogP contribution >= 0.6 is 15.9 Å². The van der Waals surface area contributed by atoms with Gasteiger partial charge in [0.15, 0.2) is 0 Å². The quantitative estimate of drug-likeness (QED) is 0.543. The zero-order valence-electron chi connectivity index (χ0n) is 7.38. The van der Waals surface area contributed by atoms with Crippen molar-refractivity contribution < 1.29 is 9.53 Å². The molecule has 0 aromatic carbocycles. The summed E-state index contributed by atoms with van der Waals surface area (Å²) in [4.78, 5) is 11.0. The summed E-state index contributed by atoms with van der Waals surface area (Å²) in [5, 5.41) is 0. The van der Waals surface area contributed by atoms with Crippen LogP contribution in [0, 0.1) is 0 Å². The van der Waals surface area contributed by atoms with E-state index in [9.17, 15) is 4.79 Å². The van der Waals surface area contributed by atoms with E-state index in [4.69, 9.17) is 4.74 Å². The van der Waals surface area contributed by atoms with Gasteiger partial charge >= 0.3 is 5.97 Å². The third kappa shape index (κ3) is 3.13. The lowest BCUT2D eigenvalue weighted by Gasteiger charge is -2.22. The molecule has 0 aromatic rings. The molecule has 0 spiro atoms. The number of hydrogen-bond acceptors (Lipinski definition) is 2. The highest BCUT2D eigenvalue weighted by Gasteiger charge is 2.19. The van der Waals surface area contributed by atoms with Gasteiger partial charge in [0.1, 0.15) is 10.9 Å². The zero-order chi connectivity index (χ0) is 8.97. The second-order valence-corrected chi connectivity index (χ2v) is 4.69. The molecular formula is C9H15BrO2. The highest BCUT2D eigenvalue weighted by atomic mass is 79.9. The smallest absolute Gasteiger partial charge is 0.319 e. The fourth-order valence-electron chi connectivity index (χ4n) is 1.44. The van der Waals surface area contributed by atoms with E-state index in [1.807, 2.05) is 0 Å². The van der Waals surface area contributed by atoms with Gasteiger partial charge in [-0.3, -0.25) is 4.79 Å². The summed E-state index contributed by atoms with van der Waals surface area (Å²) in [5.74, 6) is -0.123. The summed E-state index contributed by atoms with van der Waals surface area (Å²) >= 11 is 3.19. The maximum atomic E-state index is 11.1. The van der Waals surface area contributed by atoms with Gasteiger partial charge in [0.25, 0.3) is 0 Å². The van der Waals surface area contributed by atoms with Crippen LogP contribution in [0.2, 0.25) is 0 Å². The lowest BCUT2D eigenvalue weighted by Crippen LogP contribution is -2.24. The second kappa shape index (κ2) is 4.85. The fourth-order valence-corrected chi connectivity index (χ4v) is 1.55. The average Bonchev–Trinajstić information content (AvgIpc) is 2.06. The first-order valence-electron chi connectivity index (χ1n) is 4.54.